The van der Waals surface area contributed by atoms with Gasteiger partial charge in [-0.15, -0.1) is 6.42 Å². The van der Waals surface area contributed by atoms with Crippen molar-refractivity contribution in [3.05, 3.63) is 0 Å². The standard InChI is InChI=1S/C14H21N3O2/c1-5-10(4)17-13(18)16-12(15)14(17)6-7-19-11(8-14)9(2)3/h1,9-11H,6-8H2,2-4H3,(H2,15,16,18). The van der Waals surface area contributed by atoms with Crippen molar-refractivity contribution in [2.24, 2.45) is 16.6 Å². The largest absolute Gasteiger partial charge is 0.385 e. The Morgan fingerprint density at radius 1 is 1.58 bits per heavy atom. The average Bonchev–Trinajstić information content (AvgIpc) is 2.60. The van der Waals surface area contributed by atoms with Crippen LogP contribution in [0.2, 0.25) is 0 Å². The molecule has 104 valence electrons. The molecule has 2 aliphatic rings. The molecule has 0 aromatic heterocycles. The number of aliphatic imine (C=N–C) groups is 1. The number of carbonyl (C=O) groups is 1. The molecule has 0 aromatic rings. The first-order valence-corrected chi connectivity index (χ1v) is 6.68. The monoisotopic (exact) mass is 263 g/mol. The number of rotatable bonds is 2. The molecule has 1 spiro atoms. The summed E-state index contributed by atoms with van der Waals surface area (Å²) < 4.78 is 5.77. The van der Waals surface area contributed by atoms with Crippen LogP contribution in [0, 0.1) is 18.3 Å². The number of urea groups is 1. The highest BCUT2D eigenvalue weighted by Crippen LogP contribution is 2.38. The lowest BCUT2D eigenvalue weighted by atomic mass is 9.81. The zero-order chi connectivity index (χ0) is 14.2. The van der Waals surface area contributed by atoms with Crippen LogP contribution in [0.5, 0.6) is 0 Å². The van der Waals surface area contributed by atoms with E-state index in [1.807, 2.05) is 6.92 Å². The second-order valence-electron chi connectivity index (χ2n) is 5.63. The molecular formula is C14H21N3O2. The molecule has 5 nitrogen and oxygen atoms in total. The molecule has 1 saturated heterocycles. The van der Waals surface area contributed by atoms with Gasteiger partial charge in [0.2, 0.25) is 0 Å². The van der Waals surface area contributed by atoms with E-state index in [0.717, 1.165) is 0 Å². The first kappa shape index (κ1) is 13.9. The number of carbonyl (C=O) groups excluding carboxylic acids is 1. The van der Waals surface area contributed by atoms with Gasteiger partial charge in [-0.05, 0) is 12.8 Å². The summed E-state index contributed by atoms with van der Waals surface area (Å²) in [6.45, 7) is 6.60. The van der Waals surface area contributed by atoms with E-state index in [9.17, 15) is 4.79 Å². The lowest BCUT2D eigenvalue weighted by Crippen LogP contribution is -2.61. The number of nitrogens with zero attached hydrogens (tertiary/aromatic N) is 2. The molecule has 0 aliphatic carbocycles. The summed E-state index contributed by atoms with van der Waals surface area (Å²) in [6.07, 6.45) is 6.87. The van der Waals surface area contributed by atoms with E-state index in [2.05, 4.69) is 24.8 Å². The van der Waals surface area contributed by atoms with Crippen molar-refractivity contribution in [1.82, 2.24) is 4.90 Å². The third-order valence-electron chi connectivity index (χ3n) is 4.12. The van der Waals surface area contributed by atoms with Crippen molar-refractivity contribution in [3.8, 4) is 12.3 Å². The molecule has 2 heterocycles. The van der Waals surface area contributed by atoms with E-state index < -0.39 is 5.54 Å². The first-order valence-electron chi connectivity index (χ1n) is 6.68. The second kappa shape index (κ2) is 4.86. The maximum absolute atomic E-state index is 12.1. The fourth-order valence-corrected chi connectivity index (χ4v) is 2.93. The van der Waals surface area contributed by atoms with Gasteiger partial charge in [0.1, 0.15) is 11.4 Å². The lowest BCUT2D eigenvalue weighted by molar-refractivity contribution is -0.0568. The molecule has 2 aliphatic heterocycles. The molecule has 5 heteroatoms. The predicted octanol–water partition coefficient (Wildman–Crippen LogP) is 1.37. The van der Waals surface area contributed by atoms with Crippen LogP contribution in [0.4, 0.5) is 4.79 Å². The van der Waals surface area contributed by atoms with Gasteiger partial charge in [-0.25, -0.2) is 4.79 Å². The van der Waals surface area contributed by atoms with Gasteiger partial charge < -0.3 is 10.5 Å². The molecule has 2 amide bonds. The number of terminal acetylenes is 1. The van der Waals surface area contributed by atoms with Gasteiger partial charge in [0.25, 0.3) is 0 Å². The van der Waals surface area contributed by atoms with E-state index in [1.165, 1.54) is 0 Å². The third-order valence-corrected chi connectivity index (χ3v) is 4.12. The van der Waals surface area contributed by atoms with E-state index >= 15 is 0 Å². The number of hydrogen-bond donors (Lipinski definition) is 1. The van der Waals surface area contributed by atoms with Gasteiger partial charge in [-0.1, -0.05) is 19.8 Å². The minimum atomic E-state index is -0.559. The fraction of sp³-hybridized carbons (Fsp3) is 0.714. The Bertz CT molecular complexity index is 452. The smallest absolute Gasteiger partial charge is 0.347 e. The van der Waals surface area contributed by atoms with Gasteiger partial charge in [-0.3, -0.25) is 4.90 Å². The topological polar surface area (TPSA) is 67.9 Å². The molecule has 0 saturated carbocycles. The fourth-order valence-electron chi connectivity index (χ4n) is 2.93. The molecule has 0 aromatic carbocycles. The van der Waals surface area contributed by atoms with E-state index in [0.29, 0.717) is 31.2 Å². The number of ether oxygens (including phenoxy) is 1. The van der Waals surface area contributed by atoms with E-state index in [4.69, 9.17) is 16.9 Å². The second-order valence-corrected chi connectivity index (χ2v) is 5.63. The Balaban J connectivity index is 2.35. The minimum Gasteiger partial charge on any atom is -0.385 e. The SMILES string of the molecule is C#CC(C)N1C(=O)N=C(N)C12CCOC(C(C)C)C2. The molecule has 0 bridgehead atoms. The van der Waals surface area contributed by atoms with Crippen LogP contribution >= 0.6 is 0 Å². The predicted molar refractivity (Wildman–Crippen MR) is 73.7 cm³/mol. The van der Waals surface area contributed by atoms with Crippen molar-refractivity contribution >= 4 is 11.9 Å². The van der Waals surface area contributed by atoms with Crippen LogP contribution in [-0.2, 0) is 4.74 Å². The Morgan fingerprint density at radius 3 is 2.84 bits per heavy atom. The Hall–Kier alpha value is -1.54. The summed E-state index contributed by atoms with van der Waals surface area (Å²) in [6, 6.07) is -0.643. The zero-order valence-corrected chi connectivity index (χ0v) is 11.7. The Kier molecular flexibility index (Phi) is 3.55. The molecule has 2 N–H and O–H groups in total. The van der Waals surface area contributed by atoms with E-state index in [1.54, 1.807) is 4.90 Å². The molecule has 1 fully saturated rings. The molecule has 3 atom stereocenters. The number of amides is 2. The minimum absolute atomic E-state index is 0.0703. The third kappa shape index (κ3) is 2.10. The highest BCUT2D eigenvalue weighted by Gasteiger charge is 2.53. The average molecular weight is 263 g/mol. The first-order chi connectivity index (χ1) is 8.92. The molecule has 2 rings (SSSR count). The number of nitrogens with two attached hydrogens (primary N) is 1. The molecule has 3 unspecified atom stereocenters. The van der Waals surface area contributed by atoms with Crippen molar-refractivity contribution < 1.29 is 9.53 Å². The number of hydrogen-bond acceptors (Lipinski definition) is 3. The summed E-state index contributed by atoms with van der Waals surface area (Å²) in [5, 5.41) is 0. The van der Waals surface area contributed by atoms with Crippen LogP contribution in [0.25, 0.3) is 0 Å². The Labute approximate surface area is 114 Å². The van der Waals surface area contributed by atoms with Crippen molar-refractivity contribution in [1.29, 1.82) is 0 Å². The molecule has 0 radical (unpaired) electrons. The van der Waals surface area contributed by atoms with Crippen molar-refractivity contribution in [3.63, 3.8) is 0 Å². The van der Waals surface area contributed by atoms with Gasteiger partial charge in [0.15, 0.2) is 0 Å². The summed E-state index contributed by atoms with van der Waals surface area (Å²) in [5.41, 5.74) is 5.48. The van der Waals surface area contributed by atoms with Gasteiger partial charge >= 0.3 is 6.03 Å². The quantitative estimate of drug-likeness (QED) is 0.765. The van der Waals surface area contributed by atoms with Crippen molar-refractivity contribution in [2.75, 3.05) is 6.61 Å². The zero-order valence-electron chi connectivity index (χ0n) is 11.7. The summed E-state index contributed by atoms with van der Waals surface area (Å²) in [4.78, 5) is 17.7. The van der Waals surface area contributed by atoms with Gasteiger partial charge in [0.05, 0.1) is 12.1 Å². The lowest BCUT2D eigenvalue weighted by Gasteiger charge is -2.45. The highest BCUT2D eigenvalue weighted by atomic mass is 16.5. The van der Waals surface area contributed by atoms with Gasteiger partial charge in [0, 0.05) is 19.4 Å². The summed E-state index contributed by atoms with van der Waals surface area (Å²) in [7, 11) is 0. The highest BCUT2D eigenvalue weighted by molar-refractivity contribution is 6.06. The van der Waals surface area contributed by atoms with Gasteiger partial charge in [-0.2, -0.15) is 4.99 Å². The summed E-state index contributed by atoms with van der Waals surface area (Å²) in [5.74, 6) is 3.36. The van der Waals surface area contributed by atoms with Crippen LogP contribution in [0.1, 0.15) is 33.6 Å². The van der Waals surface area contributed by atoms with Crippen LogP contribution < -0.4 is 5.73 Å². The number of amidine groups is 1. The normalized spacial score (nSPS) is 32.6. The van der Waals surface area contributed by atoms with Crippen LogP contribution in [-0.4, -0.2) is 41.1 Å². The van der Waals surface area contributed by atoms with Crippen molar-refractivity contribution in [2.45, 2.75) is 51.3 Å². The van der Waals surface area contributed by atoms with Crippen LogP contribution in [0.3, 0.4) is 0 Å². The maximum Gasteiger partial charge on any atom is 0.347 e. The Morgan fingerprint density at radius 2 is 2.26 bits per heavy atom. The van der Waals surface area contributed by atoms with Crippen LogP contribution in [0.15, 0.2) is 4.99 Å². The summed E-state index contributed by atoms with van der Waals surface area (Å²) >= 11 is 0. The molecule has 19 heavy (non-hydrogen) atoms. The molecular weight excluding hydrogens is 242 g/mol. The van der Waals surface area contributed by atoms with E-state index in [-0.39, 0.29) is 18.2 Å². The maximum atomic E-state index is 12.1.